The molecule has 13 N–H and O–H groups in total. The molecular weight excluding hydrogens is 480 g/mol. The van der Waals surface area contributed by atoms with E-state index in [1.807, 2.05) is 0 Å². The van der Waals surface area contributed by atoms with Gasteiger partial charge in [0.05, 0.1) is 37.4 Å². The fourth-order valence-corrected chi connectivity index (χ4v) is 4.86. The molecular formula is C21H42N6O9. The number of nitrogens with zero attached hydrogens (tertiary/aromatic N) is 1. The lowest BCUT2D eigenvalue weighted by Crippen LogP contribution is -2.62. The number of rotatable bonds is 9. The monoisotopic (exact) mass is 522 g/mol. The lowest BCUT2D eigenvalue weighted by Gasteiger charge is -2.43. The van der Waals surface area contributed by atoms with Gasteiger partial charge in [0.1, 0.15) is 24.4 Å². The summed E-state index contributed by atoms with van der Waals surface area (Å²) in [6.45, 7) is 1.54. The smallest absolute Gasteiger partial charge is 0.341 e. The number of urea groups is 1. The highest BCUT2D eigenvalue weighted by Gasteiger charge is 2.51. The topological polar surface area (TPSA) is 254 Å². The van der Waals surface area contributed by atoms with Gasteiger partial charge in [0, 0.05) is 25.0 Å². The second-order valence-corrected chi connectivity index (χ2v) is 9.74. The minimum atomic E-state index is -1.35. The van der Waals surface area contributed by atoms with Crippen molar-refractivity contribution in [3.8, 4) is 0 Å². The second kappa shape index (κ2) is 13.0. The van der Waals surface area contributed by atoms with Crippen molar-refractivity contribution >= 4 is 6.03 Å². The number of carbonyl (C=O) groups is 1. The first-order chi connectivity index (χ1) is 17.1. The minimum absolute atomic E-state index is 0.0509. The van der Waals surface area contributed by atoms with Crippen LogP contribution in [0.1, 0.15) is 26.2 Å². The number of ether oxygens (including phenoxy) is 4. The van der Waals surface area contributed by atoms with Gasteiger partial charge < -0.3 is 62.5 Å². The molecule has 0 aromatic rings. The van der Waals surface area contributed by atoms with Crippen molar-refractivity contribution in [3.05, 3.63) is 0 Å². The fourth-order valence-electron chi connectivity index (χ4n) is 4.86. The van der Waals surface area contributed by atoms with E-state index in [9.17, 15) is 25.3 Å². The quantitative estimate of drug-likeness (QED) is 0.104. The molecule has 3 rings (SSSR count). The van der Waals surface area contributed by atoms with E-state index in [1.165, 1.54) is 0 Å². The Morgan fingerprint density at radius 1 is 1.06 bits per heavy atom. The third-order valence-corrected chi connectivity index (χ3v) is 7.17. The highest BCUT2D eigenvalue weighted by atomic mass is 16.7. The summed E-state index contributed by atoms with van der Waals surface area (Å²) in [6.07, 6.45) is -6.34. The van der Waals surface area contributed by atoms with Crippen molar-refractivity contribution in [2.24, 2.45) is 28.9 Å². The number of amides is 2. The van der Waals surface area contributed by atoms with E-state index in [-0.39, 0.29) is 31.5 Å². The molecule has 0 radical (unpaired) electrons. The average molecular weight is 523 g/mol. The van der Waals surface area contributed by atoms with Crippen LogP contribution in [0.3, 0.4) is 0 Å². The van der Waals surface area contributed by atoms with E-state index >= 15 is 0 Å². The van der Waals surface area contributed by atoms with Crippen LogP contribution in [0, 0.1) is 5.92 Å². The van der Waals surface area contributed by atoms with Gasteiger partial charge in [-0.25, -0.2) is 9.86 Å². The summed E-state index contributed by atoms with van der Waals surface area (Å²) in [5.74, 6) is -0.383. The van der Waals surface area contributed by atoms with Crippen LogP contribution in [0.15, 0.2) is 0 Å². The average Bonchev–Trinajstić information content (AvgIpc) is 3.15. The summed E-state index contributed by atoms with van der Waals surface area (Å²) < 4.78 is 23.4. The number of nitrogens with two attached hydrogens (primary N) is 4. The van der Waals surface area contributed by atoms with Crippen molar-refractivity contribution in [1.82, 2.24) is 10.4 Å². The van der Waals surface area contributed by atoms with Gasteiger partial charge in [0.2, 0.25) is 0 Å². The summed E-state index contributed by atoms with van der Waals surface area (Å²) >= 11 is 0. The molecule has 2 aliphatic heterocycles. The van der Waals surface area contributed by atoms with Gasteiger partial charge in [-0.1, -0.05) is 6.92 Å². The van der Waals surface area contributed by atoms with E-state index in [4.69, 9.17) is 41.9 Å². The summed E-state index contributed by atoms with van der Waals surface area (Å²) in [5.41, 5.74) is 23.4. The van der Waals surface area contributed by atoms with Crippen LogP contribution < -0.4 is 28.3 Å². The number of carbonyl (C=O) groups excluding carboxylic acids is 1. The van der Waals surface area contributed by atoms with Gasteiger partial charge in [-0.3, -0.25) is 5.21 Å². The number of aliphatic hydroxyl groups excluding tert-OH is 3. The van der Waals surface area contributed by atoms with Gasteiger partial charge in [0.15, 0.2) is 12.6 Å². The van der Waals surface area contributed by atoms with Crippen LogP contribution >= 0.6 is 0 Å². The maximum Gasteiger partial charge on any atom is 0.341 e. The van der Waals surface area contributed by atoms with Crippen LogP contribution in [0.4, 0.5) is 4.79 Å². The predicted molar refractivity (Wildman–Crippen MR) is 124 cm³/mol. The van der Waals surface area contributed by atoms with E-state index in [2.05, 4.69) is 5.32 Å². The SMILES string of the molecule is C[C@H]1[C@H](O[C@@H]2O[C@H](CO)[C@@H](O[C@H]3O[C@@H](CN)CC[C@H]3N)[C@H]2O)[C@@H](O)[C@H](NC(=O)N(O)CCN)C[C@@H]1N. The molecule has 0 aromatic carbocycles. The fraction of sp³-hybridized carbons (Fsp3) is 0.952. The highest BCUT2D eigenvalue weighted by Crippen LogP contribution is 2.34. The van der Waals surface area contributed by atoms with E-state index in [0.29, 0.717) is 24.4 Å². The third-order valence-electron chi connectivity index (χ3n) is 7.17. The zero-order chi connectivity index (χ0) is 26.6. The molecule has 0 bridgehead atoms. The molecule has 12 atom stereocenters. The predicted octanol–water partition coefficient (Wildman–Crippen LogP) is -3.92. The first-order valence-corrected chi connectivity index (χ1v) is 12.4. The molecule has 1 aliphatic carbocycles. The molecule has 15 nitrogen and oxygen atoms in total. The molecule has 2 heterocycles. The lowest BCUT2D eigenvalue weighted by atomic mass is 9.79. The molecule has 3 fully saturated rings. The highest BCUT2D eigenvalue weighted by molar-refractivity contribution is 5.73. The van der Waals surface area contributed by atoms with Gasteiger partial charge in [0.25, 0.3) is 0 Å². The zero-order valence-electron chi connectivity index (χ0n) is 20.5. The van der Waals surface area contributed by atoms with Crippen LogP contribution in [-0.2, 0) is 18.9 Å². The molecule has 36 heavy (non-hydrogen) atoms. The Kier molecular flexibility index (Phi) is 10.6. The Balaban J connectivity index is 1.67. The molecule has 2 saturated heterocycles. The van der Waals surface area contributed by atoms with Gasteiger partial charge >= 0.3 is 6.03 Å². The second-order valence-electron chi connectivity index (χ2n) is 9.74. The summed E-state index contributed by atoms with van der Waals surface area (Å²) in [7, 11) is 0. The largest absolute Gasteiger partial charge is 0.394 e. The number of hydrogen-bond acceptors (Lipinski definition) is 13. The van der Waals surface area contributed by atoms with Crippen molar-refractivity contribution < 1.29 is 44.3 Å². The van der Waals surface area contributed by atoms with Crippen molar-refractivity contribution in [1.29, 1.82) is 0 Å². The molecule has 2 amide bonds. The number of nitrogens with one attached hydrogen (secondary N) is 1. The molecule has 210 valence electrons. The maximum atomic E-state index is 12.2. The zero-order valence-corrected chi connectivity index (χ0v) is 20.5. The maximum absolute atomic E-state index is 12.2. The Morgan fingerprint density at radius 2 is 1.75 bits per heavy atom. The van der Waals surface area contributed by atoms with Crippen molar-refractivity contribution in [2.45, 2.75) is 93.5 Å². The molecule has 0 spiro atoms. The first kappa shape index (κ1) is 29.3. The van der Waals surface area contributed by atoms with Gasteiger partial charge in [-0.2, -0.15) is 0 Å². The minimum Gasteiger partial charge on any atom is -0.394 e. The Labute approximate surface area is 209 Å². The van der Waals surface area contributed by atoms with Crippen LogP contribution in [-0.4, -0.2) is 125 Å². The molecule has 0 unspecified atom stereocenters. The Bertz CT molecular complexity index is 711. The van der Waals surface area contributed by atoms with Crippen LogP contribution in [0.25, 0.3) is 0 Å². The molecule has 3 aliphatic rings. The third kappa shape index (κ3) is 6.61. The Hall–Kier alpha value is -1.21. The Morgan fingerprint density at radius 3 is 2.39 bits per heavy atom. The lowest BCUT2D eigenvalue weighted by molar-refractivity contribution is -0.241. The van der Waals surface area contributed by atoms with E-state index in [0.717, 1.165) is 0 Å². The number of hydroxylamine groups is 2. The van der Waals surface area contributed by atoms with Crippen LogP contribution in [0.5, 0.6) is 0 Å². The summed E-state index contributed by atoms with van der Waals surface area (Å²) in [6, 6.07) is -2.61. The number of aliphatic hydroxyl groups is 3. The van der Waals surface area contributed by atoms with Crippen LogP contribution in [0.2, 0.25) is 0 Å². The van der Waals surface area contributed by atoms with E-state index in [1.54, 1.807) is 6.92 Å². The molecule has 0 aromatic heterocycles. The summed E-state index contributed by atoms with van der Waals surface area (Å²) in [4.78, 5) is 12.2. The molecule has 15 heteroatoms. The van der Waals surface area contributed by atoms with Crippen molar-refractivity contribution in [3.63, 3.8) is 0 Å². The van der Waals surface area contributed by atoms with Crippen molar-refractivity contribution in [2.75, 3.05) is 26.2 Å². The van der Waals surface area contributed by atoms with Gasteiger partial charge in [-0.05, 0) is 19.3 Å². The standard InChI is InChI=1S/C21H42N6O9/c1-9-12(25)6-13(26-21(31)27(32)5-4-22)15(29)17(9)35-20-16(30)18(14(8-28)34-20)36-19-11(24)3-2-10(7-23)33-19/h9-20,28-30,32H,2-8,22-25H2,1H3,(H,26,31)/t9-,10-,11-,12+,13-,14-,15+,16-,17+,18-,19-,20+/m1/s1. The first-order valence-electron chi connectivity index (χ1n) is 12.4. The normalized spacial score (nSPS) is 43.4. The van der Waals surface area contributed by atoms with E-state index < -0.39 is 73.9 Å². The summed E-state index contributed by atoms with van der Waals surface area (Å²) in [5, 5.41) is 44.5. The number of hydrogen-bond donors (Lipinski definition) is 9. The molecule has 1 saturated carbocycles. The van der Waals surface area contributed by atoms with Gasteiger partial charge in [-0.15, -0.1) is 0 Å².